The Balaban J connectivity index is 2.26. The second kappa shape index (κ2) is 5.30. The van der Waals surface area contributed by atoms with E-state index in [-0.39, 0.29) is 4.88 Å². The number of rotatable bonds is 4. The summed E-state index contributed by atoms with van der Waals surface area (Å²) in [5.74, 6) is 0. The zero-order chi connectivity index (χ0) is 14.0. The van der Waals surface area contributed by atoms with Gasteiger partial charge in [0.1, 0.15) is 6.10 Å². The molecule has 8 heteroatoms. The van der Waals surface area contributed by atoms with Crippen molar-refractivity contribution in [1.82, 2.24) is 14.8 Å². The van der Waals surface area contributed by atoms with Gasteiger partial charge in [-0.1, -0.05) is 6.92 Å². The van der Waals surface area contributed by atoms with Gasteiger partial charge >= 0.3 is 6.18 Å². The van der Waals surface area contributed by atoms with E-state index in [0.29, 0.717) is 23.6 Å². The average molecular weight is 291 g/mol. The van der Waals surface area contributed by atoms with E-state index in [1.165, 1.54) is 6.20 Å². The maximum Gasteiger partial charge on any atom is 0.443 e. The van der Waals surface area contributed by atoms with Gasteiger partial charge in [-0.05, 0) is 12.5 Å². The largest absolute Gasteiger partial charge is 0.443 e. The van der Waals surface area contributed by atoms with Crippen molar-refractivity contribution in [2.45, 2.75) is 32.2 Å². The molecule has 19 heavy (non-hydrogen) atoms. The molecule has 0 bridgehead atoms. The minimum absolute atomic E-state index is 0.158. The molecular weight excluding hydrogens is 279 g/mol. The van der Waals surface area contributed by atoms with E-state index >= 15 is 0 Å². The predicted octanol–water partition coefficient (Wildman–Crippen LogP) is 2.85. The number of halogens is 3. The van der Waals surface area contributed by atoms with Gasteiger partial charge in [0.2, 0.25) is 0 Å². The SMILES string of the molecule is CCCn1nccc1C(O)c1cnc(C(F)(F)F)s1. The minimum atomic E-state index is -4.48. The first-order valence-corrected chi connectivity index (χ1v) is 6.47. The Morgan fingerprint density at radius 2 is 2.21 bits per heavy atom. The fourth-order valence-electron chi connectivity index (χ4n) is 1.66. The molecule has 2 aromatic heterocycles. The van der Waals surface area contributed by atoms with E-state index in [9.17, 15) is 18.3 Å². The van der Waals surface area contributed by atoms with Crippen molar-refractivity contribution in [1.29, 1.82) is 0 Å². The highest BCUT2D eigenvalue weighted by molar-refractivity contribution is 7.11. The summed E-state index contributed by atoms with van der Waals surface area (Å²) in [7, 11) is 0. The summed E-state index contributed by atoms with van der Waals surface area (Å²) in [4.78, 5) is 3.46. The van der Waals surface area contributed by atoms with Gasteiger partial charge in [-0.15, -0.1) is 11.3 Å². The lowest BCUT2D eigenvalue weighted by Gasteiger charge is -2.10. The molecule has 2 heterocycles. The van der Waals surface area contributed by atoms with Crippen molar-refractivity contribution in [2.75, 3.05) is 0 Å². The van der Waals surface area contributed by atoms with Crippen molar-refractivity contribution in [3.8, 4) is 0 Å². The van der Waals surface area contributed by atoms with Crippen LogP contribution in [0.1, 0.15) is 35.0 Å². The first-order valence-electron chi connectivity index (χ1n) is 5.66. The van der Waals surface area contributed by atoms with Crippen LogP contribution in [0, 0.1) is 0 Å². The molecule has 0 saturated carbocycles. The first-order chi connectivity index (χ1) is 8.93. The number of aromatic nitrogens is 3. The molecule has 2 aromatic rings. The predicted molar refractivity (Wildman–Crippen MR) is 63.7 cm³/mol. The molecule has 104 valence electrons. The molecule has 1 unspecified atom stereocenters. The molecule has 1 N–H and O–H groups in total. The van der Waals surface area contributed by atoms with E-state index in [4.69, 9.17) is 0 Å². The summed E-state index contributed by atoms with van der Waals surface area (Å²) >= 11 is 0.446. The lowest BCUT2D eigenvalue weighted by molar-refractivity contribution is -0.137. The number of aliphatic hydroxyl groups is 1. The van der Waals surface area contributed by atoms with E-state index < -0.39 is 17.3 Å². The van der Waals surface area contributed by atoms with Gasteiger partial charge in [-0.3, -0.25) is 4.68 Å². The Hall–Kier alpha value is -1.41. The lowest BCUT2D eigenvalue weighted by Crippen LogP contribution is -2.09. The van der Waals surface area contributed by atoms with Crippen LogP contribution in [0.4, 0.5) is 13.2 Å². The zero-order valence-corrected chi connectivity index (χ0v) is 10.9. The van der Waals surface area contributed by atoms with Crippen molar-refractivity contribution in [3.05, 3.63) is 34.0 Å². The van der Waals surface area contributed by atoms with Crippen LogP contribution in [-0.4, -0.2) is 19.9 Å². The number of thiazole rings is 1. The van der Waals surface area contributed by atoms with Gasteiger partial charge < -0.3 is 5.11 Å². The number of hydrogen-bond donors (Lipinski definition) is 1. The molecule has 0 aliphatic carbocycles. The fraction of sp³-hybridized carbons (Fsp3) is 0.455. The maximum absolute atomic E-state index is 12.5. The highest BCUT2D eigenvalue weighted by Gasteiger charge is 2.35. The molecule has 0 fully saturated rings. The van der Waals surface area contributed by atoms with Crippen LogP contribution in [0.25, 0.3) is 0 Å². The van der Waals surface area contributed by atoms with Crippen LogP contribution in [0.3, 0.4) is 0 Å². The molecule has 4 nitrogen and oxygen atoms in total. The molecule has 1 atom stereocenters. The number of aryl methyl sites for hydroxylation is 1. The van der Waals surface area contributed by atoms with Crippen LogP contribution in [0.15, 0.2) is 18.5 Å². The van der Waals surface area contributed by atoms with Gasteiger partial charge in [0.05, 0.1) is 10.6 Å². The second-order valence-corrected chi connectivity index (χ2v) is 5.01. The lowest BCUT2D eigenvalue weighted by atomic mass is 10.2. The molecule has 0 saturated heterocycles. The zero-order valence-electron chi connectivity index (χ0n) is 10.1. The first kappa shape index (κ1) is 14.0. The van der Waals surface area contributed by atoms with Crippen molar-refractivity contribution < 1.29 is 18.3 Å². The molecule has 0 spiro atoms. The Labute approximate surface area is 111 Å². The molecule has 0 amide bonds. The normalized spacial score (nSPS) is 13.7. The number of hydrogen-bond acceptors (Lipinski definition) is 4. The van der Waals surface area contributed by atoms with E-state index in [2.05, 4.69) is 10.1 Å². The van der Waals surface area contributed by atoms with Crippen LogP contribution in [-0.2, 0) is 12.7 Å². The Bertz CT molecular complexity index is 549. The third kappa shape index (κ3) is 2.95. The van der Waals surface area contributed by atoms with Crippen molar-refractivity contribution >= 4 is 11.3 Å². The number of aliphatic hydroxyl groups excluding tert-OH is 1. The standard InChI is InChI=1S/C11H12F3N3OS/c1-2-5-17-7(3-4-16-17)9(18)8-6-15-10(19-8)11(12,13)14/h3-4,6,9,18H,2,5H2,1H3. The summed E-state index contributed by atoms with van der Waals surface area (Å²) in [5.41, 5.74) is 0.472. The van der Waals surface area contributed by atoms with E-state index in [1.807, 2.05) is 6.92 Å². The summed E-state index contributed by atoms with van der Waals surface area (Å²) in [6.07, 6.45) is -2.23. The fourth-order valence-corrected chi connectivity index (χ4v) is 2.45. The Morgan fingerprint density at radius 3 is 2.79 bits per heavy atom. The molecule has 2 rings (SSSR count). The average Bonchev–Trinajstić information content (AvgIpc) is 2.96. The van der Waals surface area contributed by atoms with Gasteiger partial charge in [-0.2, -0.15) is 18.3 Å². The maximum atomic E-state index is 12.5. The van der Waals surface area contributed by atoms with Gasteiger partial charge in [0.25, 0.3) is 0 Å². The minimum Gasteiger partial charge on any atom is -0.381 e. The molecular formula is C11H12F3N3OS. The van der Waals surface area contributed by atoms with Gasteiger partial charge in [-0.25, -0.2) is 4.98 Å². The summed E-state index contributed by atoms with van der Waals surface area (Å²) in [6.45, 7) is 2.55. The van der Waals surface area contributed by atoms with Crippen molar-refractivity contribution in [2.24, 2.45) is 0 Å². The highest BCUT2D eigenvalue weighted by atomic mass is 32.1. The summed E-state index contributed by atoms with van der Waals surface area (Å²) in [5, 5.41) is 13.2. The monoisotopic (exact) mass is 291 g/mol. The molecule has 0 aliphatic heterocycles. The van der Waals surface area contributed by atoms with E-state index in [1.54, 1.807) is 10.7 Å². The van der Waals surface area contributed by atoms with Crippen LogP contribution >= 0.6 is 11.3 Å². The number of alkyl halides is 3. The summed E-state index contributed by atoms with van der Waals surface area (Å²) in [6, 6.07) is 1.59. The third-order valence-corrected chi connectivity index (χ3v) is 3.60. The highest BCUT2D eigenvalue weighted by Crippen LogP contribution is 2.35. The Morgan fingerprint density at radius 1 is 1.47 bits per heavy atom. The third-order valence-electron chi connectivity index (χ3n) is 2.50. The van der Waals surface area contributed by atoms with Crippen LogP contribution < -0.4 is 0 Å². The smallest absolute Gasteiger partial charge is 0.381 e. The van der Waals surface area contributed by atoms with Crippen molar-refractivity contribution in [3.63, 3.8) is 0 Å². The second-order valence-electron chi connectivity index (χ2n) is 3.95. The summed E-state index contributed by atoms with van der Waals surface area (Å²) < 4.78 is 38.9. The topological polar surface area (TPSA) is 50.9 Å². The molecule has 0 aliphatic rings. The van der Waals surface area contributed by atoms with Crippen LogP contribution in [0.5, 0.6) is 0 Å². The molecule has 0 aromatic carbocycles. The number of nitrogens with zero attached hydrogens (tertiary/aromatic N) is 3. The molecule has 0 radical (unpaired) electrons. The van der Waals surface area contributed by atoms with E-state index in [0.717, 1.165) is 12.6 Å². The quantitative estimate of drug-likeness (QED) is 0.942. The van der Waals surface area contributed by atoms with Gasteiger partial charge in [0, 0.05) is 18.9 Å². The van der Waals surface area contributed by atoms with Crippen LogP contribution in [0.2, 0.25) is 0 Å². The Kier molecular flexibility index (Phi) is 3.91. The van der Waals surface area contributed by atoms with Gasteiger partial charge in [0.15, 0.2) is 5.01 Å².